The molecule has 4 heteroatoms. The van der Waals surface area contributed by atoms with Crippen LogP contribution in [0.4, 0.5) is 0 Å². The van der Waals surface area contributed by atoms with Gasteiger partial charge in [-0.15, -0.1) is 0 Å². The number of hydrogen-bond donors (Lipinski definition) is 1. The van der Waals surface area contributed by atoms with E-state index in [1.807, 2.05) is 31.2 Å². The van der Waals surface area contributed by atoms with E-state index in [0.717, 1.165) is 34.7 Å². The molecule has 1 aromatic carbocycles. The van der Waals surface area contributed by atoms with Crippen LogP contribution in [0.2, 0.25) is 0 Å². The van der Waals surface area contributed by atoms with Crippen molar-refractivity contribution in [2.75, 3.05) is 11.9 Å². The van der Waals surface area contributed by atoms with Crippen LogP contribution in [0.3, 0.4) is 0 Å². The molecular weight excluding hydrogens is 318 g/mol. The minimum Gasteiger partial charge on any atom is -0.451 e. The first-order chi connectivity index (χ1) is 9.63. The van der Waals surface area contributed by atoms with E-state index in [1.165, 1.54) is 0 Å². The summed E-state index contributed by atoms with van der Waals surface area (Å²) in [6.07, 6.45) is 2.13. The Morgan fingerprint density at radius 1 is 1.40 bits per heavy atom. The van der Waals surface area contributed by atoms with Crippen LogP contribution >= 0.6 is 15.9 Å². The molecule has 1 amide bonds. The SMILES string of the molecule is CCC(CCBr)CNC(=O)c1cc2cc(C)ccc2o1. The largest absolute Gasteiger partial charge is 0.451 e. The highest BCUT2D eigenvalue weighted by Crippen LogP contribution is 2.20. The number of nitrogens with one attached hydrogen (secondary N) is 1. The number of rotatable bonds is 6. The first-order valence-electron chi connectivity index (χ1n) is 6.98. The van der Waals surface area contributed by atoms with Crippen LogP contribution < -0.4 is 5.32 Å². The van der Waals surface area contributed by atoms with E-state index in [4.69, 9.17) is 4.42 Å². The second-order valence-electron chi connectivity index (χ2n) is 5.11. The van der Waals surface area contributed by atoms with Crippen molar-refractivity contribution < 1.29 is 9.21 Å². The zero-order chi connectivity index (χ0) is 14.5. The Bertz CT molecular complexity index is 591. The van der Waals surface area contributed by atoms with Gasteiger partial charge in [-0.1, -0.05) is 40.9 Å². The lowest BCUT2D eigenvalue weighted by molar-refractivity contribution is 0.0921. The van der Waals surface area contributed by atoms with Gasteiger partial charge >= 0.3 is 0 Å². The molecule has 0 saturated carbocycles. The van der Waals surface area contributed by atoms with Crippen LogP contribution in [0.25, 0.3) is 11.0 Å². The molecule has 0 aliphatic heterocycles. The van der Waals surface area contributed by atoms with Crippen molar-refractivity contribution in [2.24, 2.45) is 5.92 Å². The second-order valence-corrected chi connectivity index (χ2v) is 5.91. The van der Waals surface area contributed by atoms with Crippen LogP contribution in [-0.4, -0.2) is 17.8 Å². The molecule has 108 valence electrons. The van der Waals surface area contributed by atoms with Gasteiger partial charge in [0.05, 0.1) is 0 Å². The van der Waals surface area contributed by atoms with Gasteiger partial charge < -0.3 is 9.73 Å². The Labute approximate surface area is 127 Å². The molecule has 1 aromatic heterocycles. The number of carbonyl (C=O) groups is 1. The van der Waals surface area contributed by atoms with Gasteiger partial charge in [-0.2, -0.15) is 0 Å². The number of furan rings is 1. The average molecular weight is 338 g/mol. The fourth-order valence-electron chi connectivity index (χ4n) is 2.20. The number of fused-ring (bicyclic) bond motifs is 1. The molecule has 20 heavy (non-hydrogen) atoms. The van der Waals surface area contributed by atoms with E-state index in [-0.39, 0.29) is 5.91 Å². The van der Waals surface area contributed by atoms with Crippen molar-refractivity contribution in [2.45, 2.75) is 26.7 Å². The minimum absolute atomic E-state index is 0.133. The maximum absolute atomic E-state index is 12.1. The Balaban J connectivity index is 2.03. The van der Waals surface area contributed by atoms with Gasteiger partial charge in [0.2, 0.25) is 0 Å². The number of hydrogen-bond acceptors (Lipinski definition) is 2. The van der Waals surface area contributed by atoms with Crippen LogP contribution in [-0.2, 0) is 0 Å². The molecule has 1 N–H and O–H groups in total. The fraction of sp³-hybridized carbons (Fsp3) is 0.438. The molecule has 0 radical (unpaired) electrons. The molecule has 1 atom stereocenters. The standard InChI is InChI=1S/C16H20BrNO2/c1-3-12(6-7-17)10-18-16(19)15-9-13-8-11(2)4-5-14(13)20-15/h4-5,8-9,12H,3,6-7,10H2,1-2H3,(H,18,19). The summed E-state index contributed by atoms with van der Waals surface area (Å²) in [4.78, 5) is 12.1. The third-order valence-corrected chi connectivity index (χ3v) is 4.00. The summed E-state index contributed by atoms with van der Waals surface area (Å²) < 4.78 is 5.59. The average Bonchev–Trinajstić information content (AvgIpc) is 2.86. The normalized spacial score (nSPS) is 12.6. The van der Waals surface area contributed by atoms with E-state index in [9.17, 15) is 4.79 Å². The molecule has 2 rings (SSSR count). The number of amides is 1. The lowest BCUT2D eigenvalue weighted by atomic mass is 10.0. The van der Waals surface area contributed by atoms with Crippen molar-refractivity contribution in [3.05, 3.63) is 35.6 Å². The van der Waals surface area contributed by atoms with Gasteiger partial charge in [0.25, 0.3) is 5.91 Å². The summed E-state index contributed by atoms with van der Waals surface area (Å²) in [5.74, 6) is 0.760. The lowest BCUT2D eigenvalue weighted by Gasteiger charge is -2.13. The molecule has 0 aliphatic carbocycles. The third kappa shape index (κ3) is 3.63. The van der Waals surface area contributed by atoms with Gasteiger partial charge in [-0.3, -0.25) is 4.79 Å². The van der Waals surface area contributed by atoms with Gasteiger partial charge in [-0.05, 0) is 37.5 Å². The van der Waals surface area contributed by atoms with E-state index >= 15 is 0 Å². The molecule has 0 bridgehead atoms. The maximum atomic E-state index is 12.1. The third-order valence-electron chi connectivity index (χ3n) is 3.54. The van der Waals surface area contributed by atoms with Crippen LogP contribution in [0.15, 0.2) is 28.7 Å². The Kier molecular flexibility index (Phi) is 5.24. The first-order valence-corrected chi connectivity index (χ1v) is 8.10. The predicted molar refractivity (Wildman–Crippen MR) is 85.5 cm³/mol. The number of alkyl halides is 1. The summed E-state index contributed by atoms with van der Waals surface area (Å²) in [5.41, 5.74) is 1.92. The quantitative estimate of drug-likeness (QED) is 0.799. The summed E-state index contributed by atoms with van der Waals surface area (Å²) in [7, 11) is 0. The van der Waals surface area contributed by atoms with Crippen LogP contribution in [0, 0.1) is 12.8 Å². The Morgan fingerprint density at radius 2 is 2.20 bits per heavy atom. The molecule has 1 heterocycles. The van der Waals surface area contributed by atoms with E-state index in [2.05, 4.69) is 28.2 Å². The molecular formula is C16H20BrNO2. The van der Waals surface area contributed by atoms with E-state index < -0.39 is 0 Å². The van der Waals surface area contributed by atoms with Gasteiger partial charge in [0, 0.05) is 17.3 Å². The smallest absolute Gasteiger partial charge is 0.287 e. The monoisotopic (exact) mass is 337 g/mol. The van der Waals surface area contributed by atoms with Crippen molar-refractivity contribution in [1.82, 2.24) is 5.32 Å². The highest BCUT2D eigenvalue weighted by atomic mass is 79.9. The summed E-state index contributed by atoms with van der Waals surface area (Å²) >= 11 is 3.44. The zero-order valence-corrected chi connectivity index (χ0v) is 13.5. The Hall–Kier alpha value is -1.29. The summed E-state index contributed by atoms with van der Waals surface area (Å²) in [6, 6.07) is 7.72. The first kappa shape index (κ1) is 15.1. The molecule has 1 unspecified atom stereocenters. The molecule has 3 nitrogen and oxygen atoms in total. The van der Waals surface area contributed by atoms with Crippen LogP contribution in [0.5, 0.6) is 0 Å². The highest BCUT2D eigenvalue weighted by molar-refractivity contribution is 9.09. The summed E-state index contributed by atoms with van der Waals surface area (Å²) in [5, 5.41) is 4.90. The van der Waals surface area contributed by atoms with E-state index in [1.54, 1.807) is 0 Å². The number of halogens is 1. The van der Waals surface area contributed by atoms with Gasteiger partial charge in [0.15, 0.2) is 5.76 Å². The minimum atomic E-state index is -0.133. The van der Waals surface area contributed by atoms with Crippen molar-refractivity contribution in [1.29, 1.82) is 0 Å². The van der Waals surface area contributed by atoms with Crippen molar-refractivity contribution in [3.63, 3.8) is 0 Å². The molecule has 2 aromatic rings. The molecule has 0 aliphatic rings. The second kappa shape index (κ2) is 6.93. The Morgan fingerprint density at radius 3 is 2.90 bits per heavy atom. The number of benzene rings is 1. The van der Waals surface area contributed by atoms with Crippen molar-refractivity contribution >= 4 is 32.8 Å². The van der Waals surface area contributed by atoms with Crippen molar-refractivity contribution in [3.8, 4) is 0 Å². The molecule has 0 saturated heterocycles. The fourth-order valence-corrected chi connectivity index (χ4v) is 2.85. The predicted octanol–water partition coefficient (Wildman–Crippen LogP) is 4.28. The van der Waals surface area contributed by atoms with Crippen LogP contribution in [0.1, 0.15) is 35.9 Å². The van der Waals surface area contributed by atoms with E-state index in [0.29, 0.717) is 18.2 Å². The zero-order valence-electron chi connectivity index (χ0n) is 11.9. The molecule has 0 spiro atoms. The van der Waals surface area contributed by atoms with Gasteiger partial charge in [0.1, 0.15) is 5.58 Å². The lowest BCUT2D eigenvalue weighted by Crippen LogP contribution is -2.29. The molecule has 0 fully saturated rings. The maximum Gasteiger partial charge on any atom is 0.287 e. The number of carbonyl (C=O) groups excluding carboxylic acids is 1. The highest BCUT2D eigenvalue weighted by Gasteiger charge is 2.14. The summed E-state index contributed by atoms with van der Waals surface area (Å²) in [6.45, 7) is 4.86. The number of aryl methyl sites for hydroxylation is 1. The topological polar surface area (TPSA) is 42.2 Å². The van der Waals surface area contributed by atoms with Gasteiger partial charge in [-0.25, -0.2) is 0 Å².